The second-order valence-electron chi connectivity index (χ2n) is 1.18. The molecule has 0 unspecified atom stereocenters. The van der Waals surface area contributed by atoms with Crippen LogP contribution in [0, 0.1) is 0 Å². The first kappa shape index (κ1) is 8.42. The lowest BCUT2D eigenvalue weighted by atomic mass is 10.6. The number of hydrogen-bond acceptors (Lipinski definition) is 1. The molecule has 0 aliphatic heterocycles. The zero-order valence-corrected chi connectivity index (χ0v) is 4.33. The average Bonchev–Trinajstić information content (AvgIpc) is 1.65. The molecule has 54 valence electrons. The fourth-order valence-electron chi connectivity index (χ4n) is 0.147. The van der Waals surface area contributed by atoms with Gasteiger partial charge in [-0.3, -0.25) is 4.74 Å². The second kappa shape index (κ2) is 2.82. The van der Waals surface area contributed by atoms with Crippen molar-refractivity contribution in [2.45, 2.75) is 6.11 Å². The summed E-state index contributed by atoms with van der Waals surface area (Å²) in [5, 5.41) is 0. The van der Waals surface area contributed by atoms with Crippen LogP contribution in [0.15, 0.2) is 12.4 Å². The van der Waals surface area contributed by atoms with Crippen molar-refractivity contribution in [1.29, 1.82) is 0 Å². The highest BCUT2D eigenvalue weighted by Crippen LogP contribution is 2.24. The van der Waals surface area contributed by atoms with Gasteiger partial charge < -0.3 is 0 Å². The average molecular weight is 144 g/mol. The van der Waals surface area contributed by atoms with E-state index in [1.165, 1.54) is 0 Å². The first-order chi connectivity index (χ1) is 4.00. The van der Waals surface area contributed by atoms with E-state index in [1.54, 1.807) is 0 Å². The van der Waals surface area contributed by atoms with Crippen LogP contribution >= 0.6 is 0 Å². The van der Waals surface area contributed by atoms with Crippen molar-refractivity contribution >= 4 is 0 Å². The molecule has 0 saturated carbocycles. The normalized spacial score (nSPS) is 11.6. The van der Waals surface area contributed by atoms with Crippen LogP contribution in [0.1, 0.15) is 0 Å². The molecule has 1 nitrogen and oxygen atoms in total. The van der Waals surface area contributed by atoms with Gasteiger partial charge in [0.2, 0.25) is 0 Å². The van der Waals surface area contributed by atoms with Gasteiger partial charge in [0.05, 0.1) is 0 Å². The SMILES string of the molecule is C=C(F)C(F)(F)OCF. The lowest BCUT2D eigenvalue weighted by molar-refractivity contribution is -0.237. The molecule has 0 saturated heterocycles. The van der Waals surface area contributed by atoms with Crippen LogP contribution in [0.2, 0.25) is 0 Å². The summed E-state index contributed by atoms with van der Waals surface area (Å²) in [7, 11) is 0. The van der Waals surface area contributed by atoms with Gasteiger partial charge in [-0.2, -0.15) is 8.78 Å². The predicted octanol–water partition coefficient (Wildman–Crippen LogP) is 2.01. The lowest BCUT2D eigenvalue weighted by Gasteiger charge is -2.09. The molecule has 5 heteroatoms. The third kappa shape index (κ3) is 2.46. The van der Waals surface area contributed by atoms with Gasteiger partial charge in [-0.25, -0.2) is 8.78 Å². The van der Waals surface area contributed by atoms with Crippen molar-refractivity contribution in [3.8, 4) is 0 Å². The van der Waals surface area contributed by atoms with Gasteiger partial charge in [0, 0.05) is 0 Å². The van der Waals surface area contributed by atoms with Gasteiger partial charge in [-0.05, 0) is 0 Å². The summed E-state index contributed by atoms with van der Waals surface area (Å²) in [6, 6.07) is 0. The Morgan fingerprint density at radius 1 is 1.56 bits per heavy atom. The maximum absolute atomic E-state index is 11.6. The minimum absolute atomic E-state index is 1.74. The first-order valence-corrected chi connectivity index (χ1v) is 1.93. The third-order valence-corrected chi connectivity index (χ3v) is 0.552. The molecular formula is C4H4F4O. The van der Waals surface area contributed by atoms with E-state index in [2.05, 4.69) is 11.3 Å². The number of halogens is 4. The Kier molecular flexibility index (Phi) is 2.64. The Morgan fingerprint density at radius 2 is 2.00 bits per heavy atom. The summed E-state index contributed by atoms with van der Waals surface area (Å²) in [5.74, 6) is -2.00. The van der Waals surface area contributed by atoms with Crippen LogP contribution in [0.3, 0.4) is 0 Å². The van der Waals surface area contributed by atoms with Crippen molar-refractivity contribution in [2.75, 3.05) is 6.86 Å². The highest BCUT2D eigenvalue weighted by atomic mass is 19.3. The van der Waals surface area contributed by atoms with Crippen LogP contribution in [0.4, 0.5) is 17.6 Å². The van der Waals surface area contributed by atoms with Crippen molar-refractivity contribution < 1.29 is 22.3 Å². The lowest BCUT2D eigenvalue weighted by Crippen LogP contribution is -2.20. The van der Waals surface area contributed by atoms with Crippen LogP contribution in [0.5, 0.6) is 0 Å². The Hall–Kier alpha value is -0.580. The molecule has 0 aromatic heterocycles. The quantitative estimate of drug-likeness (QED) is 0.550. The first-order valence-electron chi connectivity index (χ1n) is 1.93. The Bertz CT molecular complexity index is 111. The molecule has 0 bridgehead atoms. The summed E-state index contributed by atoms with van der Waals surface area (Å²) < 4.78 is 48.6. The Labute approximate surface area is 48.9 Å². The van der Waals surface area contributed by atoms with E-state index in [0.717, 1.165) is 0 Å². The van der Waals surface area contributed by atoms with Gasteiger partial charge >= 0.3 is 6.11 Å². The van der Waals surface area contributed by atoms with E-state index in [0.29, 0.717) is 0 Å². The van der Waals surface area contributed by atoms with Gasteiger partial charge in [0.1, 0.15) is 0 Å². The monoisotopic (exact) mass is 144 g/mol. The smallest absolute Gasteiger partial charge is 0.283 e. The maximum Gasteiger partial charge on any atom is 0.410 e. The van der Waals surface area contributed by atoms with E-state index in [-0.39, 0.29) is 0 Å². The van der Waals surface area contributed by atoms with Crippen LogP contribution in [0.25, 0.3) is 0 Å². The molecule has 0 spiro atoms. The zero-order valence-electron chi connectivity index (χ0n) is 4.33. The van der Waals surface area contributed by atoms with E-state index in [1.807, 2.05) is 0 Å². The Balaban J connectivity index is 3.85. The topological polar surface area (TPSA) is 9.23 Å². The molecule has 0 rings (SSSR count). The molecule has 0 aliphatic carbocycles. The van der Waals surface area contributed by atoms with Crippen molar-refractivity contribution in [1.82, 2.24) is 0 Å². The molecule has 0 amide bonds. The minimum atomic E-state index is -4.19. The van der Waals surface area contributed by atoms with Crippen molar-refractivity contribution in [2.24, 2.45) is 0 Å². The molecular weight excluding hydrogens is 140 g/mol. The highest BCUT2D eigenvalue weighted by molar-refractivity contribution is 4.90. The van der Waals surface area contributed by atoms with Crippen molar-refractivity contribution in [3.63, 3.8) is 0 Å². The number of ether oxygens (including phenoxy) is 1. The number of hydrogen-bond donors (Lipinski definition) is 0. The molecule has 0 aromatic rings. The van der Waals surface area contributed by atoms with E-state index < -0.39 is 18.8 Å². The summed E-state index contributed by atoms with van der Waals surface area (Å²) in [6.07, 6.45) is -4.19. The van der Waals surface area contributed by atoms with E-state index in [4.69, 9.17) is 0 Å². The molecule has 9 heavy (non-hydrogen) atoms. The largest absolute Gasteiger partial charge is 0.410 e. The summed E-state index contributed by atoms with van der Waals surface area (Å²) in [4.78, 5) is 0. The molecule has 0 fully saturated rings. The summed E-state index contributed by atoms with van der Waals surface area (Å²) in [5.41, 5.74) is 0. The maximum atomic E-state index is 11.6. The van der Waals surface area contributed by atoms with E-state index >= 15 is 0 Å². The van der Waals surface area contributed by atoms with E-state index in [9.17, 15) is 17.6 Å². The molecule has 0 aliphatic rings. The molecule has 0 aromatic carbocycles. The van der Waals surface area contributed by atoms with Crippen LogP contribution in [-0.4, -0.2) is 13.0 Å². The molecule has 0 heterocycles. The molecule has 0 N–H and O–H groups in total. The molecule has 0 radical (unpaired) electrons. The fourth-order valence-corrected chi connectivity index (χ4v) is 0.147. The summed E-state index contributed by atoms with van der Waals surface area (Å²) in [6.45, 7) is 0.497. The van der Waals surface area contributed by atoms with Crippen molar-refractivity contribution in [3.05, 3.63) is 12.4 Å². The zero-order chi connectivity index (χ0) is 7.49. The number of alkyl halides is 3. The fraction of sp³-hybridized carbons (Fsp3) is 0.500. The number of rotatable bonds is 3. The van der Waals surface area contributed by atoms with Gasteiger partial charge in [-0.1, -0.05) is 6.58 Å². The van der Waals surface area contributed by atoms with Gasteiger partial charge in [0.15, 0.2) is 12.7 Å². The van der Waals surface area contributed by atoms with Crippen LogP contribution in [-0.2, 0) is 4.74 Å². The highest BCUT2D eigenvalue weighted by Gasteiger charge is 2.34. The van der Waals surface area contributed by atoms with Crippen LogP contribution < -0.4 is 0 Å². The second-order valence-corrected chi connectivity index (χ2v) is 1.18. The standard InChI is InChI=1S/C4H4F4O/c1-3(6)4(7,8)9-2-5/h1-2H2. The predicted molar refractivity (Wildman–Crippen MR) is 22.3 cm³/mol. The van der Waals surface area contributed by atoms with Gasteiger partial charge in [0.25, 0.3) is 0 Å². The third-order valence-electron chi connectivity index (χ3n) is 0.552. The molecule has 0 atom stereocenters. The Morgan fingerprint density at radius 3 is 2.11 bits per heavy atom. The van der Waals surface area contributed by atoms with Gasteiger partial charge in [-0.15, -0.1) is 0 Å². The minimum Gasteiger partial charge on any atom is -0.283 e. The summed E-state index contributed by atoms with van der Waals surface area (Å²) >= 11 is 0.